The number of allylic oxidation sites excluding steroid dienone is 3. The average molecular weight is 478 g/mol. The summed E-state index contributed by atoms with van der Waals surface area (Å²) in [6.45, 7) is 5.16. The van der Waals surface area contributed by atoms with Gasteiger partial charge in [-0.25, -0.2) is 23.1 Å². The first-order valence-corrected chi connectivity index (χ1v) is 10.8. The number of aliphatic hydroxyl groups is 1. The van der Waals surface area contributed by atoms with Gasteiger partial charge in [0.05, 0.1) is 42.6 Å². The molecule has 0 bridgehead atoms. The smallest absolute Gasteiger partial charge is 0.275 e. The predicted octanol–water partition coefficient (Wildman–Crippen LogP) is 2.75. The Morgan fingerprint density at radius 1 is 1.38 bits per heavy atom. The Hall–Kier alpha value is -3.25. The fourth-order valence-corrected chi connectivity index (χ4v) is 4.12. The lowest BCUT2D eigenvalue weighted by Gasteiger charge is -2.29. The predicted molar refractivity (Wildman–Crippen MR) is 118 cm³/mol. The maximum Gasteiger partial charge on any atom is 0.275 e. The molecule has 9 nitrogen and oxygen atoms in total. The van der Waals surface area contributed by atoms with E-state index in [9.17, 15) is 23.1 Å². The lowest BCUT2D eigenvalue weighted by molar-refractivity contribution is -0.0135. The number of carbonyl (C=O) groups is 1. The molecule has 0 spiro atoms. The molecule has 0 unspecified atom stereocenters. The summed E-state index contributed by atoms with van der Waals surface area (Å²) in [4.78, 5) is 22.9. The molecule has 0 saturated carbocycles. The van der Waals surface area contributed by atoms with Crippen molar-refractivity contribution in [1.29, 1.82) is 0 Å². The number of halogens is 3. The molecule has 4 rings (SSSR count). The Bertz CT molecular complexity index is 1150. The second-order valence-electron chi connectivity index (χ2n) is 8.30. The number of hydrogen-bond acceptors (Lipinski definition) is 7. The summed E-state index contributed by atoms with van der Waals surface area (Å²) < 4.78 is 47.1. The highest BCUT2D eigenvalue weighted by Gasteiger charge is 2.40. The normalized spacial score (nSPS) is 26.2. The fourth-order valence-electron chi connectivity index (χ4n) is 4.12. The van der Waals surface area contributed by atoms with E-state index >= 15 is 0 Å². The van der Waals surface area contributed by atoms with Gasteiger partial charge in [-0.3, -0.25) is 9.89 Å². The van der Waals surface area contributed by atoms with E-state index in [1.165, 1.54) is 6.33 Å². The van der Waals surface area contributed by atoms with E-state index in [1.54, 1.807) is 0 Å². The second-order valence-corrected chi connectivity index (χ2v) is 8.30. The van der Waals surface area contributed by atoms with Gasteiger partial charge in [0.15, 0.2) is 11.3 Å². The van der Waals surface area contributed by atoms with Gasteiger partial charge in [-0.05, 0) is 25.5 Å². The van der Waals surface area contributed by atoms with Crippen LogP contribution in [0.2, 0.25) is 0 Å². The molecular weight excluding hydrogens is 453 g/mol. The number of likely N-dealkylation sites (tertiary alicyclic amines) is 1. The van der Waals surface area contributed by atoms with Crippen molar-refractivity contribution in [2.24, 2.45) is 0 Å². The molecule has 0 aromatic carbocycles. The lowest BCUT2D eigenvalue weighted by Crippen LogP contribution is -2.42. The molecular formula is C22H25F3N6O3. The van der Waals surface area contributed by atoms with Crippen LogP contribution in [0.4, 0.5) is 19.0 Å². The standard InChI is InChI=1S/C22H25F3N6O3/c1-11(23)3-4-14(25)12(2)16-7-13(24)8-31(16)22(33)19-18-20(26-10-27-21(18)30-29-19)28-15-5-6-34-9-17(15)32/h3-4,10,13,15-17,32H,2,5-9H2,1H3,(H2,26,27,28,29,30)/b11-3+,14-4+/t13-,15+,16+,17+/m0/s1. The van der Waals surface area contributed by atoms with Crippen LogP contribution in [0.5, 0.6) is 0 Å². The van der Waals surface area contributed by atoms with Crippen molar-refractivity contribution in [3.05, 3.63) is 48.0 Å². The Kier molecular flexibility index (Phi) is 6.98. The van der Waals surface area contributed by atoms with Crippen molar-refractivity contribution in [2.75, 3.05) is 25.1 Å². The van der Waals surface area contributed by atoms with Gasteiger partial charge in [0.1, 0.15) is 24.1 Å². The molecule has 2 aromatic heterocycles. The summed E-state index contributed by atoms with van der Waals surface area (Å²) in [5.74, 6) is -1.84. The van der Waals surface area contributed by atoms with Crippen LogP contribution >= 0.6 is 0 Å². The quantitative estimate of drug-likeness (QED) is 0.547. The number of anilines is 1. The number of aliphatic hydroxyl groups excluding tert-OH is 1. The number of nitrogens with zero attached hydrogens (tertiary/aromatic N) is 4. The monoisotopic (exact) mass is 478 g/mol. The number of fused-ring (bicyclic) bond motifs is 1. The van der Waals surface area contributed by atoms with E-state index < -0.39 is 35.9 Å². The first-order valence-electron chi connectivity index (χ1n) is 10.8. The summed E-state index contributed by atoms with van der Waals surface area (Å²) >= 11 is 0. The molecule has 4 heterocycles. The van der Waals surface area contributed by atoms with Crippen molar-refractivity contribution in [2.45, 2.75) is 44.1 Å². The van der Waals surface area contributed by atoms with E-state index in [-0.39, 0.29) is 53.7 Å². The van der Waals surface area contributed by atoms with Gasteiger partial charge in [-0.15, -0.1) is 0 Å². The molecule has 2 aliphatic rings. The molecule has 182 valence electrons. The third-order valence-corrected chi connectivity index (χ3v) is 5.89. The zero-order chi connectivity index (χ0) is 24.4. The van der Waals surface area contributed by atoms with E-state index in [1.807, 2.05) is 0 Å². The summed E-state index contributed by atoms with van der Waals surface area (Å²) in [5, 5.41) is 20.3. The summed E-state index contributed by atoms with van der Waals surface area (Å²) in [6, 6.07) is -1.34. The van der Waals surface area contributed by atoms with E-state index in [0.717, 1.165) is 24.0 Å². The molecule has 2 aromatic rings. The molecule has 3 N–H and O–H groups in total. The summed E-state index contributed by atoms with van der Waals surface area (Å²) in [7, 11) is 0. The van der Waals surface area contributed by atoms with Crippen molar-refractivity contribution in [3.8, 4) is 0 Å². The van der Waals surface area contributed by atoms with E-state index in [4.69, 9.17) is 4.74 Å². The number of ether oxygens (including phenoxy) is 1. The Morgan fingerprint density at radius 3 is 2.91 bits per heavy atom. The maximum absolute atomic E-state index is 14.5. The number of nitrogens with one attached hydrogen (secondary N) is 2. The number of rotatable bonds is 6. The molecule has 34 heavy (non-hydrogen) atoms. The van der Waals surface area contributed by atoms with Gasteiger partial charge in [0, 0.05) is 18.6 Å². The zero-order valence-corrected chi connectivity index (χ0v) is 18.5. The number of hydrogen-bond donors (Lipinski definition) is 3. The highest BCUT2D eigenvalue weighted by atomic mass is 19.1. The second kappa shape index (κ2) is 9.94. The molecule has 2 aliphatic heterocycles. The van der Waals surface area contributed by atoms with Gasteiger partial charge < -0.3 is 20.1 Å². The van der Waals surface area contributed by atoms with Crippen molar-refractivity contribution in [3.63, 3.8) is 0 Å². The zero-order valence-electron chi connectivity index (χ0n) is 18.5. The Balaban J connectivity index is 1.64. The fraction of sp³-hybridized carbons (Fsp3) is 0.455. The van der Waals surface area contributed by atoms with Crippen LogP contribution < -0.4 is 5.32 Å². The molecule has 2 fully saturated rings. The molecule has 2 saturated heterocycles. The Labute approximate surface area is 193 Å². The number of aromatic amines is 1. The van der Waals surface area contributed by atoms with Gasteiger partial charge in [0.2, 0.25) is 0 Å². The molecule has 0 radical (unpaired) electrons. The number of aromatic nitrogens is 4. The lowest BCUT2D eigenvalue weighted by atomic mass is 10.0. The SMILES string of the molecule is C=C(/C(F)=C\C=C(/C)F)[C@H]1C[C@H](F)CN1C(=O)c1n[nH]c2ncnc(N[C@@H]3CCOC[C@H]3O)c12. The third kappa shape index (κ3) is 4.82. The highest BCUT2D eigenvalue weighted by Crippen LogP contribution is 2.33. The maximum atomic E-state index is 14.5. The van der Waals surface area contributed by atoms with E-state index in [2.05, 4.69) is 32.1 Å². The van der Waals surface area contributed by atoms with Crippen LogP contribution in [0.15, 0.2) is 42.3 Å². The Morgan fingerprint density at radius 2 is 2.18 bits per heavy atom. The third-order valence-electron chi connectivity index (χ3n) is 5.89. The van der Waals surface area contributed by atoms with Crippen LogP contribution in [0.25, 0.3) is 11.0 Å². The number of H-pyrrole nitrogens is 1. The minimum atomic E-state index is -1.40. The van der Waals surface area contributed by atoms with Crippen LogP contribution in [-0.2, 0) is 4.74 Å². The summed E-state index contributed by atoms with van der Waals surface area (Å²) in [6.07, 6.45) is 1.29. The molecule has 4 atom stereocenters. The minimum Gasteiger partial charge on any atom is -0.389 e. The number of alkyl halides is 1. The van der Waals surface area contributed by atoms with Crippen LogP contribution in [-0.4, -0.2) is 80.2 Å². The van der Waals surface area contributed by atoms with Crippen molar-refractivity contribution in [1.82, 2.24) is 25.1 Å². The molecule has 0 aliphatic carbocycles. The van der Waals surface area contributed by atoms with Crippen LogP contribution in [0, 0.1) is 0 Å². The first kappa shape index (κ1) is 23.9. The average Bonchev–Trinajstić information content (AvgIpc) is 3.42. The van der Waals surface area contributed by atoms with Crippen molar-refractivity contribution >= 4 is 22.8 Å². The number of carbonyl (C=O) groups excluding carboxylic acids is 1. The highest BCUT2D eigenvalue weighted by molar-refractivity contribution is 6.08. The van der Waals surface area contributed by atoms with Crippen molar-refractivity contribution < 1.29 is 27.8 Å². The largest absolute Gasteiger partial charge is 0.389 e. The van der Waals surface area contributed by atoms with Gasteiger partial charge in [-0.2, -0.15) is 5.10 Å². The van der Waals surface area contributed by atoms with Crippen LogP contribution in [0.3, 0.4) is 0 Å². The van der Waals surface area contributed by atoms with Gasteiger partial charge in [-0.1, -0.05) is 6.58 Å². The van der Waals surface area contributed by atoms with Gasteiger partial charge in [0.25, 0.3) is 5.91 Å². The van der Waals surface area contributed by atoms with Gasteiger partial charge >= 0.3 is 0 Å². The molecule has 12 heteroatoms. The first-order chi connectivity index (χ1) is 16.3. The number of amides is 1. The minimum absolute atomic E-state index is 0.0737. The summed E-state index contributed by atoms with van der Waals surface area (Å²) in [5.41, 5.74) is 0.0598. The molecule has 1 amide bonds. The van der Waals surface area contributed by atoms with E-state index in [0.29, 0.717) is 13.0 Å². The topological polar surface area (TPSA) is 116 Å². The van der Waals surface area contributed by atoms with Crippen LogP contribution in [0.1, 0.15) is 30.3 Å².